The number of ether oxygens (including phenoxy) is 1. The molecule has 9 heteroatoms. The molecule has 8 nitrogen and oxygen atoms in total. The third-order valence-electron chi connectivity index (χ3n) is 3.36. The first-order chi connectivity index (χ1) is 10.1. The highest BCUT2D eigenvalue weighted by atomic mass is 32.2. The van der Waals surface area contributed by atoms with Crippen LogP contribution in [0, 0.1) is 0 Å². The molecular formula is C12H17N5O3S. The van der Waals surface area contributed by atoms with Crippen molar-refractivity contribution in [3.63, 3.8) is 0 Å². The molecule has 1 fully saturated rings. The number of aromatic nitrogens is 4. The fourth-order valence-corrected chi connectivity index (χ4v) is 3.35. The summed E-state index contributed by atoms with van der Waals surface area (Å²) < 4.78 is 35.6. The van der Waals surface area contributed by atoms with Gasteiger partial charge in [0.05, 0.1) is 18.8 Å². The lowest BCUT2D eigenvalue weighted by atomic mass is 10.1. The first kappa shape index (κ1) is 14.1. The fourth-order valence-electron chi connectivity index (χ4n) is 2.33. The van der Waals surface area contributed by atoms with Crippen LogP contribution >= 0.6 is 0 Å². The molecule has 3 rings (SSSR count). The summed E-state index contributed by atoms with van der Waals surface area (Å²) in [5.74, 6) is 0.427. The molecule has 0 radical (unpaired) electrons. The maximum Gasteiger partial charge on any atom is 0.282 e. The topological polar surface area (TPSA) is 91.0 Å². The molecule has 2 aromatic rings. The van der Waals surface area contributed by atoms with Crippen molar-refractivity contribution < 1.29 is 13.2 Å². The van der Waals surface area contributed by atoms with Crippen LogP contribution in [0.15, 0.2) is 29.6 Å². The van der Waals surface area contributed by atoms with Crippen LogP contribution in [0.3, 0.4) is 0 Å². The minimum Gasteiger partial charge on any atom is -0.379 e. The molecule has 1 saturated heterocycles. The number of sulfonamides is 1. The van der Waals surface area contributed by atoms with E-state index in [1.165, 1.54) is 10.7 Å². The van der Waals surface area contributed by atoms with Crippen LogP contribution in [-0.2, 0) is 21.8 Å². The molecule has 0 bridgehead atoms. The van der Waals surface area contributed by atoms with Gasteiger partial charge in [0.15, 0.2) is 5.03 Å². The Morgan fingerprint density at radius 2 is 2.29 bits per heavy atom. The quantitative estimate of drug-likeness (QED) is 0.900. The van der Waals surface area contributed by atoms with Crippen molar-refractivity contribution in [1.82, 2.24) is 19.6 Å². The van der Waals surface area contributed by atoms with E-state index in [4.69, 9.17) is 4.74 Å². The van der Waals surface area contributed by atoms with Crippen molar-refractivity contribution in [1.29, 1.82) is 0 Å². The SMILES string of the molecule is Cn1ccc(S(=O)(=O)Nc2ccnn2C2CCCOC2)n1. The van der Waals surface area contributed by atoms with Crippen LogP contribution in [0.4, 0.5) is 5.82 Å². The molecule has 21 heavy (non-hydrogen) atoms. The molecule has 3 heterocycles. The molecule has 1 atom stereocenters. The average molecular weight is 311 g/mol. The fraction of sp³-hybridized carbons (Fsp3) is 0.500. The minimum absolute atomic E-state index is 0.0161. The van der Waals surface area contributed by atoms with E-state index < -0.39 is 10.0 Å². The number of nitrogens with zero attached hydrogens (tertiary/aromatic N) is 4. The van der Waals surface area contributed by atoms with Crippen molar-refractivity contribution in [2.75, 3.05) is 17.9 Å². The highest BCUT2D eigenvalue weighted by molar-refractivity contribution is 7.92. The van der Waals surface area contributed by atoms with Gasteiger partial charge < -0.3 is 4.74 Å². The van der Waals surface area contributed by atoms with Gasteiger partial charge in [-0.05, 0) is 18.9 Å². The van der Waals surface area contributed by atoms with E-state index in [1.54, 1.807) is 30.2 Å². The van der Waals surface area contributed by atoms with Gasteiger partial charge in [-0.25, -0.2) is 4.68 Å². The normalized spacial score (nSPS) is 19.6. The Kier molecular flexibility index (Phi) is 3.68. The molecule has 0 aromatic carbocycles. The van der Waals surface area contributed by atoms with Gasteiger partial charge in [-0.15, -0.1) is 0 Å². The molecule has 1 aliphatic heterocycles. The van der Waals surface area contributed by atoms with Gasteiger partial charge in [-0.3, -0.25) is 9.40 Å². The Morgan fingerprint density at radius 1 is 1.43 bits per heavy atom. The Hall–Kier alpha value is -1.87. The van der Waals surface area contributed by atoms with Gasteiger partial charge in [0.25, 0.3) is 10.0 Å². The number of hydrogen-bond donors (Lipinski definition) is 1. The van der Waals surface area contributed by atoms with E-state index in [0.29, 0.717) is 12.4 Å². The van der Waals surface area contributed by atoms with Crippen LogP contribution in [0.2, 0.25) is 0 Å². The lowest BCUT2D eigenvalue weighted by molar-refractivity contribution is 0.0557. The van der Waals surface area contributed by atoms with E-state index in [2.05, 4.69) is 14.9 Å². The van der Waals surface area contributed by atoms with Crippen LogP contribution < -0.4 is 4.72 Å². The molecule has 0 aliphatic carbocycles. The standard InChI is InChI=1S/C12H17N5O3S/c1-16-7-5-12(14-16)21(18,19)15-11-4-6-13-17(11)10-3-2-8-20-9-10/h4-7,10,15H,2-3,8-9H2,1H3. The Balaban J connectivity index is 1.83. The Morgan fingerprint density at radius 3 is 2.95 bits per heavy atom. The van der Waals surface area contributed by atoms with Gasteiger partial charge in [0, 0.05) is 25.9 Å². The predicted octanol–water partition coefficient (Wildman–Crippen LogP) is 0.769. The molecular weight excluding hydrogens is 294 g/mol. The largest absolute Gasteiger partial charge is 0.379 e. The second kappa shape index (κ2) is 5.49. The molecule has 1 unspecified atom stereocenters. The maximum absolute atomic E-state index is 12.3. The summed E-state index contributed by atoms with van der Waals surface area (Å²) in [6.45, 7) is 1.28. The summed E-state index contributed by atoms with van der Waals surface area (Å²) in [4.78, 5) is 0. The van der Waals surface area contributed by atoms with Crippen molar-refractivity contribution in [3.8, 4) is 0 Å². The second-order valence-corrected chi connectivity index (χ2v) is 6.59. The zero-order valence-corrected chi connectivity index (χ0v) is 12.5. The van der Waals surface area contributed by atoms with Gasteiger partial charge >= 0.3 is 0 Å². The van der Waals surface area contributed by atoms with Gasteiger partial charge in [0.1, 0.15) is 5.82 Å². The lowest BCUT2D eigenvalue weighted by Gasteiger charge is -2.24. The van der Waals surface area contributed by atoms with Crippen LogP contribution in [-0.4, -0.2) is 41.2 Å². The van der Waals surface area contributed by atoms with Crippen molar-refractivity contribution in [3.05, 3.63) is 24.5 Å². The summed E-state index contributed by atoms with van der Waals surface area (Å²) in [5, 5.41) is 8.11. The van der Waals surface area contributed by atoms with Gasteiger partial charge in [0.2, 0.25) is 0 Å². The molecule has 0 saturated carbocycles. The average Bonchev–Trinajstić information content (AvgIpc) is 3.09. The zero-order chi connectivity index (χ0) is 14.9. The molecule has 1 N–H and O–H groups in total. The first-order valence-corrected chi connectivity index (χ1v) is 8.18. The Labute approximate surface area is 122 Å². The van der Waals surface area contributed by atoms with E-state index in [1.807, 2.05) is 0 Å². The number of rotatable bonds is 4. The highest BCUT2D eigenvalue weighted by Crippen LogP contribution is 2.24. The molecule has 0 amide bonds. The van der Waals surface area contributed by atoms with Crippen LogP contribution in [0.25, 0.3) is 0 Å². The zero-order valence-electron chi connectivity index (χ0n) is 11.6. The molecule has 2 aromatic heterocycles. The van der Waals surface area contributed by atoms with E-state index in [-0.39, 0.29) is 11.1 Å². The van der Waals surface area contributed by atoms with Crippen LogP contribution in [0.5, 0.6) is 0 Å². The highest BCUT2D eigenvalue weighted by Gasteiger charge is 2.23. The lowest BCUT2D eigenvalue weighted by Crippen LogP contribution is -2.25. The van der Waals surface area contributed by atoms with E-state index in [9.17, 15) is 8.42 Å². The van der Waals surface area contributed by atoms with Crippen molar-refractivity contribution in [2.45, 2.75) is 23.9 Å². The number of nitrogens with one attached hydrogen (secondary N) is 1. The minimum atomic E-state index is -3.71. The smallest absolute Gasteiger partial charge is 0.282 e. The predicted molar refractivity (Wildman–Crippen MR) is 75.3 cm³/mol. The summed E-state index contributed by atoms with van der Waals surface area (Å²) >= 11 is 0. The van der Waals surface area contributed by atoms with Gasteiger partial charge in [-0.2, -0.15) is 18.6 Å². The summed E-state index contributed by atoms with van der Waals surface area (Å²) in [7, 11) is -2.04. The molecule has 0 spiro atoms. The summed E-state index contributed by atoms with van der Waals surface area (Å²) in [6.07, 6.45) is 5.02. The second-order valence-electron chi connectivity index (χ2n) is 4.97. The summed E-state index contributed by atoms with van der Waals surface area (Å²) in [6, 6.07) is 3.14. The maximum atomic E-state index is 12.3. The Bertz CT molecular complexity index is 715. The number of hydrogen-bond acceptors (Lipinski definition) is 5. The molecule has 114 valence electrons. The summed E-state index contributed by atoms with van der Waals surface area (Å²) in [5.41, 5.74) is 0. The van der Waals surface area contributed by atoms with E-state index in [0.717, 1.165) is 19.4 Å². The third-order valence-corrected chi connectivity index (χ3v) is 4.60. The van der Waals surface area contributed by atoms with Crippen LogP contribution in [0.1, 0.15) is 18.9 Å². The van der Waals surface area contributed by atoms with Gasteiger partial charge in [-0.1, -0.05) is 0 Å². The van der Waals surface area contributed by atoms with Crippen molar-refractivity contribution in [2.24, 2.45) is 7.05 Å². The third kappa shape index (κ3) is 2.93. The van der Waals surface area contributed by atoms with Crippen molar-refractivity contribution >= 4 is 15.8 Å². The monoisotopic (exact) mass is 311 g/mol. The van der Waals surface area contributed by atoms with E-state index >= 15 is 0 Å². The number of anilines is 1. The first-order valence-electron chi connectivity index (χ1n) is 6.70. The molecule has 1 aliphatic rings. The number of aryl methyl sites for hydroxylation is 1.